The number of benzene rings is 1. The summed E-state index contributed by atoms with van der Waals surface area (Å²) < 4.78 is 0. The van der Waals surface area contributed by atoms with E-state index in [2.05, 4.69) is 0 Å². The van der Waals surface area contributed by atoms with Gasteiger partial charge in [0.25, 0.3) is 0 Å². The second-order valence-corrected chi connectivity index (χ2v) is 4.11. The molecule has 0 radical (unpaired) electrons. The number of aliphatic carboxylic acids is 1. The van der Waals surface area contributed by atoms with Gasteiger partial charge < -0.3 is 5.11 Å². The molecule has 0 saturated carbocycles. The summed E-state index contributed by atoms with van der Waals surface area (Å²) in [4.78, 5) is 11.9. The SMILES string of the molecule is CCC(=CCSc1ccccc1)C(=O)O. The lowest BCUT2D eigenvalue weighted by atomic mass is 10.2. The van der Waals surface area contributed by atoms with Crippen LogP contribution in [0.2, 0.25) is 0 Å². The van der Waals surface area contributed by atoms with Gasteiger partial charge in [0.15, 0.2) is 0 Å². The van der Waals surface area contributed by atoms with Gasteiger partial charge in [-0.25, -0.2) is 4.79 Å². The molecule has 15 heavy (non-hydrogen) atoms. The summed E-state index contributed by atoms with van der Waals surface area (Å²) in [6.45, 7) is 1.85. The van der Waals surface area contributed by atoms with E-state index < -0.39 is 5.97 Å². The lowest BCUT2D eigenvalue weighted by Gasteiger charge is -1.99. The third-order valence-corrected chi connectivity index (χ3v) is 2.92. The molecule has 0 bridgehead atoms. The van der Waals surface area contributed by atoms with E-state index in [0.29, 0.717) is 17.7 Å². The van der Waals surface area contributed by atoms with Gasteiger partial charge >= 0.3 is 5.97 Å². The van der Waals surface area contributed by atoms with Crippen LogP contribution in [-0.4, -0.2) is 16.8 Å². The molecule has 0 aromatic heterocycles. The molecule has 1 rings (SSSR count). The molecule has 0 spiro atoms. The summed E-state index contributed by atoms with van der Waals surface area (Å²) in [5.74, 6) is -0.106. The minimum Gasteiger partial charge on any atom is -0.478 e. The van der Waals surface area contributed by atoms with E-state index in [9.17, 15) is 4.79 Å². The molecular weight excluding hydrogens is 208 g/mol. The van der Waals surface area contributed by atoms with Gasteiger partial charge in [-0.3, -0.25) is 0 Å². The number of thioether (sulfide) groups is 1. The largest absolute Gasteiger partial charge is 0.478 e. The molecule has 1 aromatic carbocycles. The first-order chi connectivity index (χ1) is 7.24. The Morgan fingerprint density at radius 3 is 2.60 bits per heavy atom. The maximum absolute atomic E-state index is 10.7. The van der Waals surface area contributed by atoms with Crippen LogP contribution >= 0.6 is 11.8 Å². The molecule has 0 heterocycles. The van der Waals surface area contributed by atoms with Crippen molar-refractivity contribution in [3.05, 3.63) is 42.0 Å². The third-order valence-electron chi connectivity index (χ3n) is 1.98. The molecule has 0 amide bonds. The maximum Gasteiger partial charge on any atom is 0.331 e. The van der Waals surface area contributed by atoms with Crippen molar-refractivity contribution in [1.29, 1.82) is 0 Å². The van der Waals surface area contributed by atoms with E-state index in [4.69, 9.17) is 5.11 Å². The molecule has 0 aliphatic heterocycles. The Labute approximate surface area is 94.0 Å². The van der Waals surface area contributed by atoms with E-state index in [1.165, 1.54) is 0 Å². The van der Waals surface area contributed by atoms with Crippen molar-refractivity contribution in [3.63, 3.8) is 0 Å². The summed E-state index contributed by atoms with van der Waals surface area (Å²) in [5.41, 5.74) is 0.485. The first-order valence-electron chi connectivity index (χ1n) is 4.84. The fraction of sp³-hybridized carbons (Fsp3) is 0.250. The second kappa shape index (κ2) is 6.30. The van der Waals surface area contributed by atoms with Crippen LogP contribution in [0, 0.1) is 0 Å². The Kier molecular flexibility index (Phi) is 4.98. The van der Waals surface area contributed by atoms with Crippen LogP contribution in [0.15, 0.2) is 46.9 Å². The molecule has 0 unspecified atom stereocenters. The maximum atomic E-state index is 10.7. The zero-order chi connectivity index (χ0) is 11.1. The van der Waals surface area contributed by atoms with Crippen molar-refractivity contribution in [1.82, 2.24) is 0 Å². The minimum atomic E-state index is -0.814. The molecule has 3 heteroatoms. The number of carboxylic acid groups (broad SMARTS) is 1. The van der Waals surface area contributed by atoms with Crippen molar-refractivity contribution in [3.8, 4) is 0 Å². The topological polar surface area (TPSA) is 37.3 Å². The lowest BCUT2D eigenvalue weighted by Crippen LogP contribution is -1.99. The van der Waals surface area contributed by atoms with E-state index in [1.54, 1.807) is 17.8 Å². The number of carbonyl (C=O) groups is 1. The third kappa shape index (κ3) is 4.21. The molecule has 0 saturated heterocycles. The predicted molar refractivity (Wildman–Crippen MR) is 63.2 cm³/mol. The highest BCUT2D eigenvalue weighted by molar-refractivity contribution is 7.99. The zero-order valence-electron chi connectivity index (χ0n) is 8.64. The van der Waals surface area contributed by atoms with Gasteiger partial charge in [0.1, 0.15) is 0 Å². The van der Waals surface area contributed by atoms with Crippen LogP contribution in [0.1, 0.15) is 13.3 Å². The summed E-state index contributed by atoms with van der Waals surface area (Å²) in [5, 5.41) is 8.79. The monoisotopic (exact) mass is 222 g/mol. The predicted octanol–water partition coefficient (Wildman–Crippen LogP) is 3.20. The highest BCUT2D eigenvalue weighted by Crippen LogP contribution is 2.17. The Morgan fingerprint density at radius 1 is 1.40 bits per heavy atom. The van der Waals surface area contributed by atoms with E-state index in [-0.39, 0.29) is 0 Å². The smallest absolute Gasteiger partial charge is 0.331 e. The lowest BCUT2D eigenvalue weighted by molar-refractivity contribution is -0.132. The van der Waals surface area contributed by atoms with Crippen molar-refractivity contribution < 1.29 is 9.90 Å². The van der Waals surface area contributed by atoms with Crippen LogP contribution in [0.4, 0.5) is 0 Å². The first-order valence-corrected chi connectivity index (χ1v) is 5.82. The minimum absolute atomic E-state index is 0.485. The molecule has 1 N–H and O–H groups in total. The molecule has 0 aliphatic carbocycles. The summed E-state index contributed by atoms with van der Waals surface area (Å²) in [6, 6.07) is 9.96. The molecular formula is C12H14O2S. The Bertz CT molecular complexity index is 344. The Morgan fingerprint density at radius 2 is 2.07 bits per heavy atom. The molecule has 80 valence electrons. The standard InChI is InChI=1S/C12H14O2S/c1-2-10(12(13)14)8-9-15-11-6-4-3-5-7-11/h3-8H,2,9H2,1H3,(H,13,14). The van der Waals surface area contributed by atoms with Crippen molar-refractivity contribution in [2.45, 2.75) is 18.2 Å². The molecule has 2 nitrogen and oxygen atoms in total. The fourth-order valence-corrected chi connectivity index (χ4v) is 1.96. The van der Waals surface area contributed by atoms with Crippen molar-refractivity contribution in [2.24, 2.45) is 0 Å². The van der Waals surface area contributed by atoms with Gasteiger partial charge in [0, 0.05) is 16.2 Å². The highest BCUT2D eigenvalue weighted by Gasteiger charge is 2.02. The van der Waals surface area contributed by atoms with Gasteiger partial charge in [-0.15, -0.1) is 11.8 Å². The van der Waals surface area contributed by atoms with E-state index >= 15 is 0 Å². The number of carboxylic acids is 1. The fourth-order valence-electron chi connectivity index (χ4n) is 1.14. The molecule has 0 aliphatic rings. The van der Waals surface area contributed by atoms with Gasteiger partial charge in [-0.05, 0) is 18.6 Å². The Hall–Kier alpha value is -1.22. The van der Waals surface area contributed by atoms with Crippen LogP contribution in [0.25, 0.3) is 0 Å². The van der Waals surface area contributed by atoms with Gasteiger partial charge in [0.2, 0.25) is 0 Å². The average molecular weight is 222 g/mol. The van der Waals surface area contributed by atoms with Crippen molar-refractivity contribution >= 4 is 17.7 Å². The van der Waals surface area contributed by atoms with Crippen LogP contribution in [0.5, 0.6) is 0 Å². The normalized spacial score (nSPS) is 11.4. The Balaban J connectivity index is 2.48. The van der Waals surface area contributed by atoms with Crippen LogP contribution in [-0.2, 0) is 4.79 Å². The van der Waals surface area contributed by atoms with Gasteiger partial charge in [-0.1, -0.05) is 31.2 Å². The summed E-state index contributed by atoms with van der Waals surface area (Å²) in [7, 11) is 0. The zero-order valence-corrected chi connectivity index (χ0v) is 9.46. The molecule has 0 atom stereocenters. The summed E-state index contributed by atoms with van der Waals surface area (Å²) >= 11 is 1.64. The second-order valence-electron chi connectivity index (χ2n) is 3.01. The quantitative estimate of drug-likeness (QED) is 0.614. The molecule has 0 fully saturated rings. The highest BCUT2D eigenvalue weighted by atomic mass is 32.2. The van der Waals surface area contributed by atoms with E-state index in [1.807, 2.05) is 37.3 Å². The number of rotatable bonds is 5. The van der Waals surface area contributed by atoms with Crippen LogP contribution in [0.3, 0.4) is 0 Å². The van der Waals surface area contributed by atoms with Crippen molar-refractivity contribution in [2.75, 3.05) is 5.75 Å². The average Bonchev–Trinajstić information content (AvgIpc) is 2.25. The van der Waals surface area contributed by atoms with E-state index in [0.717, 1.165) is 4.90 Å². The first kappa shape index (κ1) is 11.9. The van der Waals surface area contributed by atoms with Gasteiger partial charge in [-0.2, -0.15) is 0 Å². The molecule has 1 aromatic rings. The summed E-state index contributed by atoms with van der Waals surface area (Å²) in [6.07, 6.45) is 2.35. The van der Waals surface area contributed by atoms with Crippen LogP contribution < -0.4 is 0 Å². The number of hydrogen-bond donors (Lipinski definition) is 1. The van der Waals surface area contributed by atoms with Gasteiger partial charge in [0.05, 0.1) is 0 Å². The number of hydrogen-bond acceptors (Lipinski definition) is 2.